The Balaban J connectivity index is 2.48. The number of ether oxygens (including phenoxy) is 2. The number of nitrogens with one attached hydrogen (secondary N) is 1. The fourth-order valence-electron chi connectivity index (χ4n) is 7.81. The molecule has 13 nitrogen and oxygen atoms in total. The maximum atomic E-state index is 13.1. The summed E-state index contributed by atoms with van der Waals surface area (Å²) in [4.78, 5) is 13.1. The van der Waals surface area contributed by atoms with Gasteiger partial charge in [-0.15, -0.1) is 0 Å². The summed E-state index contributed by atoms with van der Waals surface area (Å²) in [6.45, 7) is 3.27. The van der Waals surface area contributed by atoms with Crippen LogP contribution in [0.1, 0.15) is 213 Å². The average molecular weight is 880 g/mol. The third-order valence-electron chi connectivity index (χ3n) is 11.7. The number of aliphatic hydroxyl groups excluding tert-OH is 5. The first-order chi connectivity index (χ1) is 28.9. The minimum Gasteiger partial charge on any atom is -0.394 e. The molecule has 0 saturated carbocycles. The minimum absolute atomic E-state index is 0.255. The Kier molecular flexibility index (Phi) is 35.2. The Morgan fingerprint density at radius 2 is 1.07 bits per heavy atom. The number of carbonyl (C=O) groups is 1. The van der Waals surface area contributed by atoms with Crippen molar-refractivity contribution in [2.24, 2.45) is 0 Å². The molecule has 8 unspecified atom stereocenters. The molecule has 0 aromatic carbocycles. The molecule has 1 aliphatic heterocycles. The van der Waals surface area contributed by atoms with Gasteiger partial charge in [-0.2, -0.15) is 8.42 Å². The van der Waals surface area contributed by atoms with E-state index in [1.165, 1.54) is 116 Å². The lowest BCUT2D eigenvalue weighted by Crippen LogP contribution is -2.61. The van der Waals surface area contributed by atoms with Gasteiger partial charge in [-0.3, -0.25) is 9.35 Å². The van der Waals surface area contributed by atoms with Crippen molar-refractivity contribution in [2.45, 2.75) is 262 Å². The van der Waals surface area contributed by atoms with E-state index in [0.29, 0.717) is 19.3 Å². The predicted octanol–water partition coefficient (Wildman–Crippen LogP) is 8.53. The van der Waals surface area contributed by atoms with Gasteiger partial charge in [0.05, 0.1) is 25.4 Å². The molecule has 356 valence electrons. The number of aliphatic hydroxyl groups is 5. The zero-order valence-electron chi connectivity index (χ0n) is 37.6. The van der Waals surface area contributed by atoms with Gasteiger partial charge in [0.1, 0.15) is 30.5 Å². The first-order valence-electron chi connectivity index (χ1n) is 24.2. The van der Waals surface area contributed by atoms with Gasteiger partial charge in [-0.05, 0) is 38.5 Å². The van der Waals surface area contributed by atoms with Gasteiger partial charge < -0.3 is 40.3 Å². The highest BCUT2D eigenvalue weighted by Gasteiger charge is 2.48. The van der Waals surface area contributed by atoms with Crippen molar-refractivity contribution in [3.63, 3.8) is 0 Å². The van der Waals surface area contributed by atoms with Crippen LogP contribution in [0.4, 0.5) is 0 Å². The van der Waals surface area contributed by atoms with Gasteiger partial charge in [0.15, 0.2) is 6.29 Å². The van der Waals surface area contributed by atoms with E-state index in [0.717, 1.165) is 57.8 Å². The average Bonchev–Trinajstić information content (AvgIpc) is 3.22. The second-order valence-corrected chi connectivity index (χ2v) is 18.2. The van der Waals surface area contributed by atoms with Crippen molar-refractivity contribution < 1.29 is 57.0 Å². The molecule has 1 heterocycles. The lowest BCUT2D eigenvalue weighted by atomic mass is 9.99. The number of amides is 1. The van der Waals surface area contributed by atoms with Gasteiger partial charge in [-0.1, -0.05) is 187 Å². The third-order valence-corrected chi connectivity index (χ3v) is 12.1. The molecule has 14 heteroatoms. The van der Waals surface area contributed by atoms with Gasteiger partial charge in [0.2, 0.25) is 5.91 Å². The molecule has 7 N–H and O–H groups in total. The van der Waals surface area contributed by atoms with E-state index >= 15 is 0 Å². The Bertz CT molecular complexity index is 1140. The zero-order valence-corrected chi connectivity index (χ0v) is 38.5. The van der Waals surface area contributed by atoms with Gasteiger partial charge in [-0.25, -0.2) is 4.18 Å². The Hall–Kier alpha value is -1.20. The molecule has 1 rings (SSSR count). The van der Waals surface area contributed by atoms with E-state index in [1.807, 2.05) is 0 Å². The summed E-state index contributed by atoms with van der Waals surface area (Å²) in [5.41, 5.74) is 0. The zero-order chi connectivity index (χ0) is 44.3. The van der Waals surface area contributed by atoms with Crippen molar-refractivity contribution in [3.05, 3.63) is 12.2 Å². The number of unbranched alkanes of at least 4 members (excludes halogenated alkanes) is 26. The van der Waals surface area contributed by atoms with E-state index in [9.17, 15) is 43.3 Å². The first kappa shape index (κ1) is 56.8. The summed E-state index contributed by atoms with van der Waals surface area (Å²) >= 11 is 0. The summed E-state index contributed by atoms with van der Waals surface area (Å²) < 4.78 is 47.5. The highest BCUT2D eigenvalue weighted by molar-refractivity contribution is 7.80. The van der Waals surface area contributed by atoms with Gasteiger partial charge in [0, 0.05) is 0 Å². The maximum absolute atomic E-state index is 13.1. The van der Waals surface area contributed by atoms with Crippen LogP contribution in [0.5, 0.6) is 0 Å². The summed E-state index contributed by atoms with van der Waals surface area (Å²) in [5, 5.41) is 55.3. The molecule has 1 fully saturated rings. The smallest absolute Gasteiger partial charge is 0.394 e. The monoisotopic (exact) mass is 880 g/mol. The highest BCUT2D eigenvalue weighted by Crippen LogP contribution is 2.26. The van der Waals surface area contributed by atoms with Crippen molar-refractivity contribution in [3.8, 4) is 0 Å². The standard InChI is InChI=1S/C46H89NO12S/c1-3-5-7-9-11-13-15-16-17-18-19-20-21-22-23-25-27-29-31-33-35-40(50)45(53)47-38(39(49)34-32-30-28-26-24-14-12-10-8-6-4-2)37-57-46-43(52)44(59-60(54,55)56)42(51)41(36-48)58-46/h20-21,38-44,46,48-52H,3-19,22-37H2,1-2H3,(H,47,53)(H,54,55,56)/b21-20-. The van der Waals surface area contributed by atoms with Crippen LogP contribution < -0.4 is 5.32 Å². The summed E-state index contributed by atoms with van der Waals surface area (Å²) in [6.07, 6.45) is 28.3. The maximum Gasteiger partial charge on any atom is 0.397 e. The van der Waals surface area contributed by atoms with E-state index in [1.54, 1.807) is 0 Å². The second-order valence-electron chi connectivity index (χ2n) is 17.2. The number of rotatable bonds is 41. The van der Waals surface area contributed by atoms with Crippen LogP contribution in [0.3, 0.4) is 0 Å². The van der Waals surface area contributed by atoms with E-state index < -0.39 is 78.5 Å². The van der Waals surface area contributed by atoms with Crippen molar-refractivity contribution in [2.75, 3.05) is 13.2 Å². The van der Waals surface area contributed by atoms with E-state index in [4.69, 9.17) is 9.47 Å². The number of allylic oxidation sites excluding steroid dienone is 2. The summed E-state index contributed by atoms with van der Waals surface area (Å²) in [5.74, 6) is -0.674. The molecule has 0 aromatic heterocycles. The van der Waals surface area contributed by atoms with Crippen molar-refractivity contribution in [1.29, 1.82) is 0 Å². The van der Waals surface area contributed by atoms with Crippen LogP contribution >= 0.6 is 0 Å². The predicted molar refractivity (Wildman–Crippen MR) is 238 cm³/mol. The summed E-state index contributed by atoms with van der Waals surface area (Å²) in [6, 6.07) is -1.03. The number of hydrogen-bond donors (Lipinski definition) is 7. The van der Waals surface area contributed by atoms with Crippen LogP contribution in [0.15, 0.2) is 12.2 Å². The molecular weight excluding hydrogens is 791 g/mol. The molecule has 8 atom stereocenters. The molecule has 0 spiro atoms. The fourth-order valence-corrected chi connectivity index (χ4v) is 8.32. The molecule has 0 bridgehead atoms. The first-order valence-corrected chi connectivity index (χ1v) is 25.5. The van der Waals surface area contributed by atoms with Crippen LogP contribution in [-0.4, -0.2) is 107 Å². The van der Waals surface area contributed by atoms with Gasteiger partial charge >= 0.3 is 10.4 Å². The van der Waals surface area contributed by atoms with Crippen LogP contribution in [0.2, 0.25) is 0 Å². The lowest BCUT2D eigenvalue weighted by molar-refractivity contribution is -0.298. The molecule has 60 heavy (non-hydrogen) atoms. The number of carbonyl (C=O) groups excluding carboxylic acids is 1. The second kappa shape index (κ2) is 37.2. The molecule has 0 aliphatic carbocycles. The molecule has 1 aliphatic rings. The minimum atomic E-state index is -5.11. The topological polar surface area (TPSA) is 212 Å². The lowest BCUT2D eigenvalue weighted by Gasteiger charge is -2.41. The molecule has 0 radical (unpaired) electrons. The van der Waals surface area contributed by atoms with Gasteiger partial charge in [0.25, 0.3) is 0 Å². The highest BCUT2D eigenvalue weighted by atomic mass is 32.3. The third kappa shape index (κ3) is 29.2. The van der Waals surface area contributed by atoms with E-state index in [-0.39, 0.29) is 6.42 Å². The SMILES string of the molecule is CCCCCCCCCCCC/C=C\CCCCCCCCC(O)C(=O)NC(COC1OC(CO)C(O)C(OS(=O)(=O)O)C1O)C(O)CCCCCCCCCCCCC. The normalized spacial score (nSPS) is 21.4. The van der Waals surface area contributed by atoms with Crippen LogP contribution in [0.25, 0.3) is 0 Å². The molecule has 1 saturated heterocycles. The van der Waals surface area contributed by atoms with Crippen molar-refractivity contribution >= 4 is 16.3 Å². The van der Waals surface area contributed by atoms with E-state index in [2.05, 4.69) is 35.5 Å². The molecule has 0 aromatic rings. The fraction of sp³-hybridized carbons (Fsp3) is 0.935. The Morgan fingerprint density at radius 3 is 1.50 bits per heavy atom. The van der Waals surface area contributed by atoms with Crippen molar-refractivity contribution in [1.82, 2.24) is 5.32 Å². The van der Waals surface area contributed by atoms with Crippen LogP contribution in [-0.2, 0) is 28.9 Å². The van der Waals surface area contributed by atoms with Crippen LogP contribution in [0, 0.1) is 0 Å². The Labute approximate surface area is 364 Å². The molecular formula is C46H89NO12S. The Morgan fingerprint density at radius 1 is 0.650 bits per heavy atom. The molecule has 1 amide bonds. The quantitative estimate of drug-likeness (QED) is 0.0175. The largest absolute Gasteiger partial charge is 0.397 e. The number of hydrogen-bond acceptors (Lipinski definition) is 11. The summed E-state index contributed by atoms with van der Waals surface area (Å²) in [7, 11) is -5.11.